The van der Waals surface area contributed by atoms with Gasteiger partial charge in [0.05, 0.1) is 0 Å². The van der Waals surface area contributed by atoms with Crippen molar-refractivity contribution in [3.63, 3.8) is 0 Å². The second kappa shape index (κ2) is 8.39. The first-order valence-electron chi connectivity index (χ1n) is 10.6. The van der Waals surface area contributed by atoms with Gasteiger partial charge in [-0.3, -0.25) is 4.79 Å². The number of amides is 1. The summed E-state index contributed by atoms with van der Waals surface area (Å²) < 4.78 is 0. The number of benzene rings is 1. The van der Waals surface area contributed by atoms with E-state index in [1.165, 1.54) is 5.56 Å². The summed E-state index contributed by atoms with van der Waals surface area (Å²) >= 11 is 0. The number of hydrogen-bond donors (Lipinski definition) is 2. The van der Waals surface area contributed by atoms with Gasteiger partial charge in [-0.2, -0.15) is 0 Å². The highest BCUT2D eigenvalue weighted by atomic mass is 16.2. The first-order valence-corrected chi connectivity index (χ1v) is 10.6. The fourth-order valence-corrected chi connectivity index (χ4v) is 4.31. The molecule has 2 atom stereocenters. The smallest absolute Gasteiger partial charge is 0.223 e. The van der Waals surface area contributed by atoms with Crippen molar-refractivity contribution in [1.29, 1.82) is 0 Å². The van der Waals surface area contributed by atoms with Crippen LogP contribution in [0, 0.1) is 12.8 Å². The fraction of sp³-hybridized carbons (Fsp3) is 0.522. The van der Waals surface area contributed by atoms with Crippen molar-refractivity contribution in [2.24, 2.45) is 5.92 Å². The van der Waals surface area contributed by atoms with Crippen LogP contribution in [0.15, 0.2) is 36.4 Å². The molecule has 4 rings (SSSR count). The van der Waals surface area contributed by atoms with Crippen LogP contribution >= 0.6 is 0 Å². The maximum atomic E-state index is 12.6. The molecule has 0 bridgehead atoms. The van der Waals surface area contributed by atoms with Gasteiger partial charge in [0, 0.05) is 38.2 Å². The highest BCUT2D eigenvalue weighted by molar-refractivity contribution is 5.83. The standard InChI is InChI=1S/C23H31N5O/c1-15-24-21(14-22(25-15)28(2)3)26-17-9-11-18(12-10-17)27-23(29)20-13-19(20)16-7-5-4-6-8-16/h4-8,14,17-20H,9-13H2,1-3H3,(H,27,29)(H,24,25,26)/t17?,18?,19-,20?/m0/s1. The van der Waals surface area contributed by atoms with Gasteiger partial charge in [0.2, 0.25) is 5.91 Å². The maximum Gasteiger partial charge on any atom is 0.223 e. The molecule has 0 saturated heterocycles. The third-order valence-corrected chi connectivity index (χ3v) is 6.06. The Morgan fingerprint density at radius 1 is 1.03 bits per heavy atom. The summed E-state index contributed by atoms with van der Waals surface area (Å²) in [7, 11) is 3.98. The second-order valence-corrected chi connectivity index (χ2v) is 8.61. The Labute approximate surface area is 173 Å². The van der Waals surface area contributed by atoms with Crippen LogP contribution in [0.4, 0.5) is 11.6 Å². The molecule has 2 aliphatic rings. The lowest BCUT2D eigenvalue weighted by Crippen LogP contribution is -2.41. The Bertz CT molecular complexity index is 846. The van der Waals surface area contributed by atoms with Gasteiger partial charge >= 0.3 is 0 Å². The number of carbonyl (C=O) groups is 1. The average Bonchev–Trinajstić information content (AvgIpc) is 3.51. The van der Waals surface area contributed by atoms with Crippen LogP contribution in [0.1, 0.15) is 49.4 Å². The first-order chi connectivity index (χ1) is 14.0. The number of aromatic nitrogens is 2. The molecular formula is C23H31N5O. The van der Waals surface area contributed by atoms with Gasteiger partial charge in [-0.05, 0) is 50.5 Å². The molecule has 2 N–H and O–H groups in total. The van der Waals surface area contributed by atoms with Crippen molar-refractivity contribution in [2.75, 3.05) is 24.3 Å². The maximum absolute atomic E-state index is 12.6. The Morgan fingerprint density at radius 2 is 1.72 bits per heavy atom. The minimum Gasteiger partial charge on any atom is -0.367 e. The van der Waals surface area contributed by atoms with E-state index in [0.29, 0.717) is 18.0 Å². The second-order valence-electron chi connectivity index (χ2n) is 8.61. The highest BCUT2D eigenvalue weighted by Crippen LogP contribution is 2.47. The predicted molar refractivity (Wildman–Crippen MR) is 116 cm³/mol. The summed E-state index contributed by atoms with van der Waals surface area (Å²) in [6, 6.07) is 13.1. The lowest BCUT2D eigenvalue weighted by molar-refractivity contribution is -0.123. The molecule has 2 saturated carbocycles. The summed E-state index contributed by atoms with van der Waals surface area (Å²) in [6.45, 7) is 1.92. The van der Waals surface area contributed by atoms with E-state index in [9.17, 15) is 4.79 Å². The van der Waals surface area contributed by atoms with Crippen LogP contribution in [-0.2, 0) is 4.79 Å². The van der Waals surface area contributed by atoms with Crippen LogP contribution < -0.4 is 15.5 Å². The minimum absolute atomic E-state index is 0.154. The number of nitrogens with one attached hydrogen (secondary N) is 2. The largest absolute Gasteiger partial charge is 0.367 e. The van der Waals surface area contributed by atoms with Crippen molar-refractivity contribution < 1.29 is 4.79 Å². The van der Waals surface area contributed by atoms with Gasteiger partial charge in [-0.25, -0.2) is 9.97 Å². The zero-order valence-corrected chi connectivity index (χ0v) is 17.6. The van der Waals surface area contributed by atoms with E-state index in [1.54, 1.807) is 0 Å². The third-order valence-electron chi connectivity index (χ3n) is 6.06. The van der Waals surface area contributed by atoms with Crippen molar-refractivity contribution in [3.05, 3.63) is 47.8 Å². The van der Waals surface area contributed by atoms with Gasteiger partial charge in [0.15, 0.2) is 0 Å². The molecule has 29 heavy (non-hydrogen) atoms. The molecule has 2 aromatic rings. The highest BCUT2D eigenvalue weighted by Gasteiger charge is 2.44. The SMILES string of the molecule is Cc1nc(NC2CCC(NC(=O)C3C[C@H]3c3ccccc3)CC2)cc(N(C)C)n1. The topological polar surface area (TPSA) is 70.2 Å². The summed E-state index contributed by atoms with van der Waals surface area (Å²) in [5, 5.41) is 6.86. The summed E-state index contributed by atoms with van der Waals surface area (Å²) in [4.78, 5) is 23.6. The predicted octanol–water partition coefficient (Wildman–Crippen LogP) is 3.49. The molecule has 2 fully saturated rings. The van der Waals surface area contributed by atoms with Crippen LogP contribution in [0.25, 0.3) is 0 Å². The zero-order valence-electron chi connectivity index (χ0n) is 17.6. The minimum atomic E-state index is 0.154. The molecular weight excluding hydrogens is 362 g/mol. The Hall–Kier alpha value is -2.63. The number of anilines is 2. The number of hydrogen-bond acceptors (Lipinski definition) is 5. The van der Waals surface area contributed by atoms with Gasteiger partial charge < -0.3 is 15.5 Å². The zero-order chi connectivity index (χ0) is 20.4. The number of carbonyl (C=O) groups excluding carboxylic acids is 1. The Morgan fingerprint density at radius 3 is 2.41 bits per heavy atom. The van der Waals surface area contributed by atoms with Crippen molar-refractivity contribution >= 4 is 17.5 Å². The third kappa shape index (κ3) is 4.86. The number of nitrogens with zero attached hydrogens (tertiary/aromatic N) is 3. The molecule has 1 heterocycles. The summed E-state index contributed by atoms with van der Waals surface area (Å²) in [6.07, 6.45) is 5.08. The molecule has 154 valence electrons. The van der Waals surface area contributed by atoms with Crippen molar-refractivity contribution in [2.45, 2.75) is 57.0 Å². The van der Waals surface area contributed by atoms with Crippen molar-refractivity contribution in [1.82, 2.24) is 15.3 Å². The van der Waals surface area contributed by atoms with E-state index in [4.69, 9.17) is 0 Å². The monoisotopic (exact) mass is 393 g/mol. The quantitative estimate of drug-likeness (QED) is 0.786. The van der Waals surface area contributed by atoms with E-state index in [2.05, 4.69) is 44.9 Å². The molecule has 1 aromatic heterocycles. The molecule has 1 amide bonds. The normalized spacial score (nSPS) is 25.9. The molecule has 0 radical (unpaired) electrons. The Balaban J connectivity index is 1.24. The van der Waals surface area contributed by atoms with Gasteiger partial charge in [0.25, 0.3) is 0 Å². The van der Waals surface area contributed by atoms with Crippen LogP contribution in [0.3, 0.4) is 0 Å². The fourth-order valence-electron chi connectivity index (χ4n) is 4.31. The van der Waals surface area contributed by atoms with Crippen molar-refractivity contribution in [3.8, 4) is 0 Å². The van der Waals surface area contributed by atoms with E-state index in [0.717, 1.165) is 49.6 Å². The Kier molecular flexibility index (Phi) is 5.69. The molecule has 0 spiro atoms. The van der Waals surface area contributed by atoms with Gasteiger partial charge in [0.1, 0.15) is 17.5 Å². The lowest BCUT2D eigenvalue weighted by Gasteiger charge is -2.30. The molecule has 6 nitrogen and oxygen atoms in total. The summed E-state index contributed by atoms with van der Waals surface area (Å²) in [5.74, 6) is 3.37. The van der Waals surface area contributed by atoms with E-state index < -0.39 is 0 Å². The van der Waals surface area contributed by atoms with Crippen LogP contribution in [0.2, 0.25) is 0 Å². The van der Waals surface area contributed by atoms with Crippen LogP contribution in [0.5, 0.6) is 0 Å². The van der Waals surface area contributed by atoms with Crippen LogP contribution in [-0.4, -0.2) is 42.1 Å². The number of rotatable bonds is 6. The number of aryl methyl sites for hydroxylation is 1. The lowest BCUT2D eigenvalue weighted by atomic mass is 9.91. The molecule has 6 heteroatoms. The van der Waals surface area contributed by atoms with E-state index in [-0.39, 0.29) is 11.8 Å². The van der Waals surface area contributed by atoms with E-state index in [1.807, 2.05) is 38.1 Å². The molecule has 1 aromatic carbocycles. The summed E-state index contributed by atoms with van der Waals surface area (Å²) in [5.41, 5.74) is 1.29. The molecule has 0 aliphatic heterocycles. The van der Waals surface area contributed by atoms with Gasteiger partial charge in [-0.1, -0.05) is 30.3 Å². The van der Waals surface area contributed by atoms with E-state index >= 15 is 0 Å². The molecule has 1 unspecified atom stereocenters. The molecule has 2 aliphatic carbocycles. The average molecular weight is 394 g/mol. The first kappa shape index (κ1) is 19.7. The van der Waals surface area contributed by atoms with Gasteiger partial charge in [-0.15, -0.1) is 0 Å².